The van der Waals surface area contributed by atoms with Crippen LogP contribution in [0.25, 0.3) is 0 Å². The van der Waals surface area contributed by atoms with Crippen molar-refractivity contribution >= 4 is 17.5 Å². The van der Waals surface area contributed by atoms with Gasteiger partial charge in [0.1, 0.15) is 5.69 Å². The first-order valence-electron chi connectivity index (χ1n) is 5.97. The molecule has 0 saturated carbocycles. The van der Waals surface area contributed by atoms with Gasteiger partial charge >= 0.3 is 0 Å². The Labute approximate surface area is 116 Å². The van der Waals surface area contributed by atoms with E-state index >= 15 is 0 Å². The monoisotopic (exact) mass is 281 g/mol. The number of hydrogen-bond donors (Lipinski definition) is 0. The number of carbonyl (C=O) groups excluding carboxylic acids is 1. The predicted octanol–water partition coefficient (Wildman–Crippen LogP) is 1.56. The van der Waals surface area contributed by atoms with Crippen molar-refractivity contribution in [3.8, 4) is 0 Å². The Morgan fingerprint density at radius 2 is 2.21 bits per heavy atom. The molecule has 2 rings (SSSR count). The lowest BCUT2D eigenvalue weighted by atomic mass is 10.3. The van der Waals surface area contributed by atoms with Gasteiger partial charge in [-0.25, -0.2) is 0 Å². The highest BCUT2D eigenvalue weighted by atomic mass is 35.5. The van der Waals surface area contributed by atoms with E-state index < -0.39 is 0 Å². The summed E-state index contributed by atoms with van der Waals surface area (Å²) in [5.41, 5.74) is 1.25. The summed E-state index contributed by atoms with van der Waals surface area (Å²) >= 11 is 6.08. The number of carbonyl (C=O) groups is 1. The van der Waals surface area contributed by atoms with E-state index in [1.807, 2.05) is 6.92 Å². The van der Waals surface area contributed by atoms with Gasteiger partial charge < -0.3 is 4.90 Å². The van der Waals surface area contributed by atoms with E-state index in [9.17, 15) is 4.79 Å². The van der Waals surface area contributed by atoms with Crippen LogP contribution in [0.15, 0.2) is 18.6 Å². The van der Waals surface area contributed by atoms with Gasteiger partial charge in [-0.05, 0) is 6.92 Å². The molecule has 0 aliphatic heterocycles. The molecule has 7 heteroatoms. The van der Waals surface area contributed by atoms with Crippen LogP contribution in [0, 0.1) is 0 Å². The van der Waals surface area contributed by atoms with Crippen molar-refractivity contribution < 1.29 is 4.79 Å². The average Bonchev–Trinajstić information content (AvgIpc) is 2.95. The second-order valence-corrected chi connectivity index (χ2v) is 4.75. The summed E-state index contributed by atoms with van der Waals surface area (Å²) in [6, 6.07) is 0. The van der Waals surface area contributed by atoms with Crippen LogP contribution in [0.2, 0.25) is 5.02 Å². The van der Waals surface area contributed by atoms with Crippen molar-refractivity contribution in [2.45, 2.75) is 20.0 Å². The maximum Gasteiger partial charge on any atom is 0.257 e. The fraction of sp³-hybridized carbons (Fsp3) is 0.417. The summed E-state index contributed by atoms with van der Waals surface area (Å²) in [6.07, 6.45) is 5.00. The third-order valence-electron chi connectivity index (χ3n) is 2.80. The van der Waals surface area contributed by atoms with Crippen LogP contribution >= 0.6 is 11.6 Å². The second-order valence-electron chi connectivity index (χ2n) is 4.34. The molecule has 0 spiro atoms. The zero-order valence-corrected chi connectivity index (χ0v) is 11.9. The molecule has 0 aliphatic carbocycles. The van der Waals surface area contributed by atoms with Gasteiger partial charge in [-0.15, -0.1) is 0 Å². The smallest absolute Gasteiger partial charge is 0.257 e. The van der Waals surface area contributed by atoms with E-state index in [0.29, 0.717) is 22.8 Å². The SMILES string of the molecule is CCn1cc(Cl)c(CN(C)C(=O)c2cnn(C)c2)n1. The summed E-state index contributed by atoms with van der Waals surface area (Å²) in [7, 11) is 3.49. The van der Waals surface area contributed by atoms with Crippen molar-refractivity contribution in [1.29, 1.82) is 0 Å². The first-order chi connectivity index (χ1) is 9.01. The van der Waals surface area contributed by atoms with Crippen molar-refractivity contribution in [2.24, 2.45) is 7.05 Å². The summed E-state index contributed by atoms with van der Waals surface area (Å²) < 4.78 is 3.35. The van der Waals surface area contributed by atoms with E-state index in [1.54, 1.807) is 46.9 Å². The van der Waals surface area contributed by atoms with Crippen LogP contribution in [0.4, 0.5) is 0 Å². The fourth-order valence-corrected chi connectivity index (χ4v) is 1.96. The zero-order chi connectivity index (χ0) is 14.0. The molecule has 0 fully saturated rings. The highest BCUT2D eigenvalue weighted by Crippen LogP contribution is 2.16. The van der Waals surface area contributed by atoms with Crippen molar-refractivity contribution in [3.05, 3.63) is 34.9 Å². The normalized spacial score (nSPS) is 10.7. The lowest BCUT2D eigenvalue weighted by Crippen LogP contribution is -2.26. The van der Waals surface area contributed by atoms with E-state index in [2.05, 4.69) is 10.2 Å². The van der Waals surface area contributed by atoms with Gasteiger partial charge in [-0.2, -0.15) is 10.2 Å². The maximum absolute atomic E-state index is 12.1. The Bertz CT molecular complexity index is 589. The Morgan fingerprint density at radius 1 is 1.47 bits per heavy atom. The quantitative estimate of drug-likeness (QED) is 0.855. The standard InChI is InChI=1S/C12H16ClN5O/c1-4-18-7-10(13)11(15-18)8-16(2)12(19)9-5-14-17(3)6-9/h5-7H,4,8H2,1-3H3. The minimum Gasteiger partial charge on any atom is -0.336 e. The maximum atomic E-state index is 12.1. The van der Waals surface area contributed by atoms with E-state index in [-0.39, 0.29) is 5.91 Å². The molecule has 0 aromatic carbocycles. The van der Waals surface area contributed by atoms with Gasteiger partial charge in [-0.3, -0.25) is 14.2 Å². The molecule has 0 unspecified atom stereocenters. The number of aromatic nitrogens is 4. The fourth-order valence-electron chi connectivity index (χ4n) is 1.75. The van der Waals surface area contributed by atoms with Crippen LogP contribution < -0.4 is 0 Å². The molecule has 2 heterocycles. The third kappa shape index (κ3) is 2.96. The molecule has 0 radical (unpaired) electrons. The Balaban J connectivity index is 2.10. The van der Waals surface area contributed by atoms with Crippen LogP contribution in [-0.2, 0) is 20.1 Å². The molecule has 0 saturated heterocycles. The lowest BCUT2D eigenvalue weighted by molar-refractivity contribution is 0.0783. The largest absolute Gasteiger partial charge is 0.336 e. The van der Waals surface area contributed by atoms with Crippen molar-refractivity contribution in [2.75, 3.05) is 7.05 Å². The van der Waals surface area contributed by atoms with Gasteiger partial charge in [0.15, 0.2) is 0 Å². The summed E-state index contributed by atoms with van der Waals surface area (Å²) in [6.45, 7) is 3.11. The Morgan fingerprint density at radius 3 is 2.74 bits per heavy atom. The topological polar surface area (TPSA) is 56.0 Å². The molecule has 2 aromatic rings. The third-order valence-corrected chi connectivity index (χ3v) is 3.11. The number of halogens is 1. The molecular formula is C12H16ClN5O. The molecule has 6 nitrogen and oxygen atoms in total. The van der Waals surface area contributed by atoms with Gasteiger partial charge in [0.2, 0.25) is 0 Å². The van der Waals surface area contributed by atoms with Crippen molar-refractivity contribution in [3.63, 3.8) is 0 Å². The van der Waals surface area contributed by atoms with Crippen LogP contribution in [0.3, 0.4) is 0 Å². The number of amides is 1. The zero-order valence-electron chi connectivity index (χ0n) is 11.2. The van der Waals surface area contributed by atoms with Gasteiger partial charge in [0.25, 0.3) is 5.91 Å². The van der Waals surface area contributed by atoms with E-state index in [1.165, 1.54) is 0 Å². The number of hydrogen-bond acceptors (Lipinski definition) is 3. The van der Waals surface area contributed by atoms with Crippen LogP contribution in [0.1, 0.15) is 23.0 Å². The minimum atomic E-state index is -0.102. The second kappa shape index (κ2) is 5.44. The number of rotatable bonds is 4. The molecule has 0 atom stereocenters. The van der Waals surface area contributed by atoms with E-state index in [0.717, 1.165) is 6.54 Å². The first-order valence-corrected chi connectivity index (χ1v) is 6.35. The highest BCUT2D eigenvalue weighted by molar-refractivity contribution is 6.31. The summed E-state index contributed by atoms with van der Waals surface area (Å²) in [5.74, 6) is -0.102. The number of nitrogens with zero attached hydrogens (tertiary/aromatic N) is 5. The van der Waals surface area contributed by atoms with E-state index in [4.69, 9.17) is 11.6 Å². The molecule has 0 aliphatic rings. The molecular weight excluding hydrogens is 266 g/mol. The van der Waals surface area contributed by atoms with Crippen LogP contribution in [0.5, 0.6) is 0 Å². The lowest BCUT2D eigenvalue weighted by Gasteiger charge is -2.14. The van der Waals surface area contributed by atoms with Crippen LogP contribution in [-0.4, -0.2) is 37.4 Å². The minimum absolute atomic E-state index is 0.102. The van der Waals surface area contributed by atoms with Crippen molar-refractivity contribution in [1.82, 2.24) is 24.5 Å². The van der Waals surface area contributed by atoms with Gasteiger partial charge in [0.05, 0.1) is 23.3 Å². The molecule has 0 bridgehead atoms. The highest BCUT2D eigenvalue weighted by Gasteiger charge is 2.16. The molecule has 2 aromatic heterocycles. The summed E-state index contributed by atoms with van der Waals surface area (Å²) in [5, 5.41) is 8.88. The number of aryl methyl sites for hydroxylation is 2. The van der Waals surface area contributed by atoms with Gasteiger partial charge in [0, 0.05) is 33.0 Å². The summed E-state index contributed by atoms with van der Waals surface area (Å²) in [4.78, 5) is 13.7. The molecule has 19 heavy (non-hydrogen) atoms. The Kier molecular flexibility index (Phi) is 3.90. The molecule has 102 valence electrons. The predicted molar refractivity (Wildman–Crippen MR) is 71.9 cm³/mol. The molecule has 1 amide bonds. The Hall–Kier alpha value is -1.82. The first kappa shape index (κ1) is 13.6. The van der Waals surface area contributed by atoms with Gasteiger partial charge in [-0.1, -0.05) is 11.6 Å². The molecule has 0 N–H and O–H groups in total. The average molecular weight is 282 g/mol.